The van der Waals surface area contributed by atoms with Gasteiger partial charge in [0.1, 0.15) is 22.3 Å². The highest BCUT2D eigenvalue weighted by atomic mass is 32.1. The number of nitrogens with zero attached hydrogens (tertiary/aromatic N) is 4. The van der Waals surface area contributed by atoms with Crippen LogP contribution in [0.5, 0.6) is 0 Å². The monoisotopic (exact) mass is 1730 g/mol. The Labute approximate surface area is 773 Å². The van der Waals surface area contributed by atoms with Gasteiger partial charge in [0.2, 0.25) is 0 Å². The van der Waals surface area contributed by atoms with E-state index >= 15 is 0 Å². The molecule has 0 saturated heterocycles. The van der Waals surface area contributed by atoms with E-state index in [1.165, 1.54) is 94.6 Å². The molecule has 0 bridgehead atoms. The van der Waals surface area contributed by atoms with E-state index in [1.807, 2.05) is 53.0 Å². The SMILES string of the molecule is c1ccc(-c2ccccc2N(c2ccc(-c3ccc4c(c3)c3ccccc3c3c5ccc(N(c6ccccc6)c6ccccc6)cc5sc43)cc2)c2cccc3c2oc2ccccc23)cc1.c1ccc(N(c2ccc3c(c2)sc2c4ccc(-c5ccc(N(c6ccccc6)c6cccc7c6oc6ccccc67)cc5)cc4c4ccccc4c32)c2ccc3oc4ccccc4c3c2)cc1. The van der Waals surface area contributed by atoms with Crippen molar-refractivity contribution in [2.45, 2.75) is 0 Å². The number of para-hydroxylation sites is 10. The number of hydrogen-bond acceptors (Lipinski definition) is 9. The van der Waals surface area contributed by atoms with E-state index in [2.05, 4.69) is 462 Å². The first-order valence-electron chi connectivity index (χ1n) is 45.1. The Balaban J connectivity index is 0.000000139. The summed E-state index contributed by atoms with van der Waals surface area (Å²) in [7, 11) is 0. The second kappa shape index (κ2) is 32.0. The van der Waals surface area contributed by atoms with E-state index in [4.69, 9.17) is 13.3 Å². The lowest BCUT2D eigenvalue weighted by molar-refractivity contribution is 0.668. The standard InChI is InChI=1S/C62H38N2O2S.C62H40N2OS/c1-3-14-41(15-4-1)63(44-32-35-58-54(37-44)48-20-10-11-24-56(48)65-58)45-31-34-52-59(38-45)67-62-51-33-28-40(36-53(51)46-18-7-8-21-49(46)60(52)62)39-26-29-43(30-27-39)64(42-16-5-2-6-17-42)55-23-13-22-50-47-19-9-12-25-57(47)66-61(50)55;1-4-17-42(18-5-1)48-23-12-14-28-56(48)64(57-29-16-27-52-50-25-13-15-30-58(50)65-61(52)57)46-34-31-41(32-35-46)43-33-37-53-55(39-43)49-24-10-11-26-51(49)60-54-38-36-47(40-59(54)66-62(53)60)63(44-19-6-2-7-20-44)45-21-8-3-9-22-45/h1-38H;1-40H. The zero-order valence-corrected chi connectivity index (χ0v) is 73.5. The Morgan fingerprint density at radius 2 is 0.481 bits per heavy atom. The first-order chi connectivity index (χ1) is 66.0. The van der Waals surface area contributed by atoms with Crippen molar-refractivity contribution >= 4 is 240 Å². The summed E-state index contributed by atoms with van der Waals surface area (Å²) in [6, 6.07) is 170. The van der Waals surface area contributed by atoms with Crippen LogP contribution in [0.15, 0.2) is 486 Å². The molecule has 5 aromatic heterocycles. The molecule has 9 heteroatoms. The van der Waals surface area contributed by atoms with Gasteiger partial charge in [-0.25, -0.2) is 0 Å². The number of thiophene rings is 2. The van der Waals surface area contributed by atoms with E-state index in [-0.39, 0.29) is 0 Å². The summed E-state index contributed by atoms with van der Waals surface area (Å²) >= 11 is 3.78. The second-order valence-electron chi connectivity index (χ2n) is 34.0. The number of fused-ring (bicyclic) bond motifs is 25. The highest BCUT2D eigenvalue weighted by Gasteiger charge is 2.27. The summed E-state index contributed by atoms with van der Waals surface area (Å²) < 4.78 is 24.6. The maximum absolute atomic E-state index is 6.68. The van der Waals surface area contributed by atoms with Crippen molar-refractivity contribution < 1.29 is 13.3 Å². The van der Waals surface area contributed by atoms with Gasteiger partial charge in [0.25, 0.3) is 0 Å². The third-order valence-corrected chi connectivity index (χ3v) is 28.8. The fourth-order valence-corrected chi connectivity index (χ4v) is 22.9. The van der Waals surface area contributed by atoms with Crippen molar-refractivity contribution in [2.75, 3.05) is 19.6 Å². The molecule has 0 saturated carbocycles. The van der Waals surface area contributed by atoms with Crippen molar-refractivity contribution in [3.63, 3.8) is 0 Å². The van der Waals surface area contributed by atoms with E-state index in [1.54, 1.807) is 0 Å². The van der Waals surface area contributed by atoms with Gasteiger partial charge in [-0.3, -0.25) is 0 Å². The van der Waals surface area contributed by atoms with Gasteiger partial charge in [0, 0.05) is 140 Å². The molecule has 0 spiro atoms. The van der Waals surface area contributed by atoms with Gasteiger partial charge in [0.05, 0.1) is 17.1 Å². The topological polar surface area (TPSA) is 52.4 Å². The second-order valence-corrected chi connectivity index (χ2v) is 36.1. The zero-order valence-electron chi connectivity index (χ0n) is 71.9. The maximum Gasteiger partial charge on any atom is 0.159 e. The number of benzene rings is 22. The highest BCUT2D eigenvalue weighted by molar-refractivity contribution is 7.27. The van der Waals surface area contributed by atoms with Crippen molar-refractivity contribution in [2.24, 2.45) is 0 Å². The van der Waals surface area contributed by atoms with Gasteiger partial charge in [-0.05, 0) is 224 Å². The summed E-state index contributed by atoms with van der Waals surface area (Å²) in [6.07, 6.45) is 0. The molecule has 22 aromatic carbocycles. The van der Waals surface area contributed by atoms with Crippen molar-refractivity contribution in [3.05, 3.63) is 473 Å². The van der Waals surface area contributed by atoms with E-state index in [0.29, 0.717) is 0 Å². The molecule has 0 radical (unpaired) electrons. The van der Waals surface area contributed by atoms with E-state index in [0.717, 1.165) is 156 Å². The average Bonchev–Trinajstić information content (AvgIpc) is 1.59. The third-order valence-electron chi connectivity index (χ3n) is 26.4. The minimum absolute atomic E-state index is 0.862. The molecular weight excluding hydrogens is 1660 g/mol. The predicted octanol–water partition coefficient (Wildman–Crippen LogP) is 37.3. The molecule has 0 unspecified atom stereocenters. The molecule has 27 aromatic rings. The average molecular weight is 1740 g/mol. The first kappa shape index (κ1) is 77.1. The molecular formula is C124H78N4O3S2. The molecule has 5 heterocycles. The molecule has 133 heavy (non-hydrogen) atoms. The summed E-state index contributed by atoms with van der Waals surface area (Å²) in [6.45, 7) is 0. The van der Waals surface area contributed by atoms with Gasteiger partial charge >= 0.3 is 0 Å². The first-order valence-corrected chi connectivity index (χ1v) is 46.7. The Bertz CT molecular complexity index is 9190. The van der Waals surface area contributed by atoms with Gasteiger partial charge < -0.3 is 32.9 Å². The quantitative estimate of drug-likeness (QED) is 0.0948. The van der Waals surface area contributed by atoms with Crippen molar-refractivity contribution in [1.29, 1.82) is 0 Å². The number of anilines is 12. The van der Waals surface area contributed by atoms with Crippen LogP contribution in [-0.4, -0.2) is 0 Å². The summed E-state index contributed by atoms with van der Waals surface area (Å²) in [4.78, 5) is 9.35. The summed E-state index contributed by atoms with van der Waals surface area (Å²) in [5.74, 6) is 0. The molecule has 0 N–H and O–H groups in total. The Hall–Kier alpha value is -17.1. The lowest BCUT2D eigenvalue weighted by atomic mass is 9.94. The van der Waals surface area contributed by atoms with Crippen LogP contribution >= 0.6 is 22.7 Å². The molecule has 0 fully saturated rings. The van der Waals surface area contributed by atoms with Crippen molar-refractivity contribution in [3.8, 4) is 33.4 Å². The minimum atomic E-state index is 0.862. The normalized spacial score (nSPS) is 11.8. The van der Waals surface area contributed by atoms with Gasteiger partial charge in [-0.1, -0.05) is 309 Å². The fraction of sp³-hybridized carbons (Fsp3) is 0. The predicted molar refractivity (Wildman–Crippen MR) is 566 cm³/mol. The molecule has 0 aliphatic carbocycles. The highest BCUT2D eigenvalue weighted by Crippen LogP contribution is 2.53. The minimum Gasteiger partial charge on any atom is -0.456 e. The molecule has 0 aliphatic rings. The lowest BCUT2D eigenvalue weighted by Gasteiger charge is -2.28. The summed E-state index contributed by atoms with van der Waals surface area (Å²) in [5, 5.41) is 22.0. The molecule has 624 valence electrons. The summed E-state index contributed by atoms with van der Waals surface area (Å²) in [5.41, 5.74) is 25.2. The number of furan rings is 3. The smallest absolute Gasteiger partial charge is 0.159 e. The van der Waals surface area contributed by atoms with Crippen LogP contribution in [-0.2, 0) is 0 Å². The van der Waals surface area contributed by atoms with Crippen LogP contribution in [0, 0.1) is 0 Å². The van der Waals surface area contributed by atoms with Gasteiger partial charge in [-0.15, -0.1) is 22.7 Å². The largest absolute Gasteiger partial charge is 0.456 e. The van der Waals surface area contributed by atoms with Gasteiger partial charge in [0.15, 0.2) is 11.2 Å². The Morgan fingerprint density at radius 3 is 0.970 bits per heavy atom. The number of rotatable bonds is 15. The third kappa shape index (κ3) is 13.1. The fourth-order valence-electron chi connectivity index (χ4n) is 20.4. The molecule has 0 aliphatic heterocycles. The van der Waals surface area contributed by atoms with Crippen LogP contribution in [0.4, 0.5) is 68.2 Å². The lowest BCUT2D eigenvalue weighted by Crippen LogP contribution is -2.11. The van der Waals surface area contributed by atoms with Crippen LogP contribution in [0.2, 0.25) is 0 Å². The van der Waals surface area contributed by atoms with Crippen LogP contribution in [0.3, 0.4) is 0 Å². The molecule has 0 amide bonds. The van der Waals surface area contributed by atoms with Crippen LogP contribution in [0.25, 0.3) is 183 Å². The van der Waals surface area contributed by atoms with Crippen molar-refractivity contribution in [1.82, 2.24) is 0 Å². The van der Waals surface area contributed by atoms with E-state index < -0.39 is 0 Å². The maximum atomic E-state index is 6.68. The molecule has 27 rings (SSSR count). The van der Waals surface area contributed by atoms with Crippen LogP contribution < -0.4 is 19.6 Å². The number of hydrogen-bond donors (Lipinski definition) is 0. The molecule has 0 atom stereocenters. The van der Waals surface area contributed by atoms with E-state index in [9.17, 15) is 0 Å². The van der Waals surface area contributed by atoms with Gasteiger partial charge in [-0.2, -0.15) is 0 Å². The zero-order chi connectivity index (χ0) is 87.6. The Morgan fingerprint density at radius 1 is 0.158 bits per heavy atom. The van der Waals surface area contributed by atoms with Crippen LogP contribution in [0.1, 0.15) is 0 Å². The molecule has 7 nitrogen and oxygen atoms in total. The Kier molecular flexibility index (Phi) is 18.5.